The number of aryl methyl sites for hydroxylation is 1. The average Bonchev–Trinajstić information content (AvgIpc) is 3.48. The van der Waals surface area contributed by atoms with Crippen molar-refractivity contribution < 1.29 is 13.6 Å². The summed E-state index contributed by atoms with van der Waals surface area (Å²) < 4.78 is 29.2. The molecule has 3 aromatic rings. The SMILES string of the molecule is Cc1cn2cc(NC(=O)c3cnc(N4CC[C@@H](CN5CC[C@@H](F)C5)C4)cn3)cc(F)c2n1. The molecule has 3 aromatic heterocycles. The number of hydrogen-bond donors (Lipinski definition) is 1. The molecule has 2 saturated heterocycles. The summed E-state index contributed by atoms with van der Waals surface area (Å²) in [6, 6.07) is 1.23. The van der Waals surface area contributed by atoms with Crippen LogP contribution in [0.15, 0.2) is 30.9 Å². The summed E-state index contributed by atoms with van der Waals surface area (Å²) in [5.74, 6) is 0.211. The number of amides is 1. The Kier molecular flexibility index (Phi) is 5.46. The topological polar surface area (TPSA) is 78.7 Å². The summed E-state index contributed by atoms with van der Waals surface area (Å²) in [5, 5.41) is 2.66. The molecule has 8 nitrogen and oxygen atoms in total. The molecule has 2 aliphatic heterocycles. The number of carbonyl (C=O) groups is 1. The zero-order chi connectivity index (χ0) is 22.2. The molecule has 0 aliphatic carbocycles. The van der Waals surface area contributed by atoms with Crippen LogP contribution in [0.4, 0.5) is 20.3 Å². The summed E-state index contributed by atoms with van der Waals surface area (Å²) in [4.78, 5) is 29.7. The standard InChI is InChI=1S/C22H25F2N7O/c1-14-9-31-13-17(6-18(24)21(31)27-14)28-22(32)19-7-26-20(8-25-19)30-5-2-15(11-30)10-29-4-3-16(23)12-29/h6-9,13,15-16H,2-5,10-12H2,1H3,(H,28,32)/t15-,16+/m0/s1. The van der Waals surface area contributed by atoms with Crippen LogP contribution in [0.5, 0.6) is 0 Å². The van der Waals surface area contributed by atoms with E-state index in [1.807, 2.05) is 0 Å². The summed E-state index contributed by atoms with van der Waals surface area (Å²) in [5.41, 5.74) is 1.36. The molecule has 0 saturated carbocycles. The minimum atomic E-state index is -0.695. The highest BCUT2D eigenvalue weighted by Gasteiger charge is 2.29. The molecule has 5 heterocycles. The van der Waals surface area contributed by atoms with Crippen LogP contribution in [0.1, 0.15) is 29.0 Å². The third kappa shape index (κ3) is 4.27. The first-order chi connectivity index (χ1) is 15.4. The van der Waals surface area contributed by atoms with Crippen LogP contribution in [-0.2, 0) is 0 Å². The van der Waals surface area contributed by atoms with Crippen LogP contribution in [0.3, 0.4) is 0 Å². The van der Waals surface area contributed by atoms with Crippen LogP contribution in [-0.4, -0.2) is 69.1 Å². The highest BCUT2D eigenvalue weighted by Crippen LogP contribution is 2.24. The van der Waals surface area contributed by atoms with E-state index in [0.717, 1.165) is 38.4 Å². The summed E-state index contributed by atoms with van der Waals surface area (Å²) in [6.07, 6.45) is 7.28. The van der Waals surface area contributed by atoms with Crippen molar-refractivity contribution in [2.45, 2.75) is 25.9 Å². The Balaban J connectivity index is 1.20. The molecule has 0 radical (unpaired) electrons. The molecule has 0 spiro atoms. The highest BCUT2D eigenvalue weighted by molar-refractivity contribution is 6.02. The number of carbonyl (C=O) groups excluding carboxylic acids is 1. The number of nitrogens with one attached hydrogen (secondary N) is 1. The van der Waals surface area contributed by atoms with Gasteiger partial charge in [-0.2, -0.15) is 0 Å². The fraction of sp³-hybridized carbons (Fsp3) is 0.455. The normalized spacial score (nSPS) is 21.5. The lowest BCUT2D eigenvalue weighted by molar-refractivity contribution is 0.102. The number of aromatic nitrogens is 4. The van der Waals surface area contributed by atoms with Gasteiger partial charge in [0.2, 0.25) is 0 Å². The van der Waals surface area contributed by atoms with E-state index in [0.29, 0.717) is 30.3 Å². The van der Waals surface area contributed by atoms with Gasteiger partial charge in [0.25, 0.3) is 5.91 Å². The van der Waals surface area contributed by atoms with Gasteiger partial charge >= 0.3 is 0 Å². The molecular weight excluding hydrogens is 416 g/mol. The fourth-order valence-electron chi connectivity index (χ4n) is 4.55. The van der Waals surface area contributed by atoms with E-state index < -0.39 is 17.9 Å². The van der Waals surface area contributed by atoms with Crippen LogP contribution in [0.2, 0.25) is 0 Å². The Morgan fingerprint density at radius 3 is 2.81 bits per heavy atom. The number of anilines is 2. The molecule has 5 rings (SSSR count). The second-order valence-electron chi connectivity index (χ2n) is 8.65. The van der Waals surface area contributed by atoms with Gasteiger partial charge in [-0.25, -0.2) is 23.7 Å². The number of imidazole rings is 1. The molecule has 2 fully saturated rings. The van der Waals surface area contributed by atoms with E-state index in [9.17, 15) is 13.6 Å². The Labute approximate surface area is 184 Å². The zero-order valence-electron chi connectivity index (χ0n) is 17.8. The highest BCUT2D eigenvalue weighted by atomic mass is 19.1. The van der Waals surface area contributed by atoms with Crippen molar-refractivity contribution in [2.24, 2.45) is 5.92 Å². The number of rotatable bonds is 5. The Morgan fingerprint density at radius 2 is 2.06 bits per heavy atom. The van der Waals surface area contributed by atoms with Gasteiger partial charge in [-0.3, -0.25) is 9.69 Å². The molecular formula is C22H25F2N7O. The second-order valence-corrected chi connectivity index (χ2v) is 8.65. The maximum atomic E-state index is 14.2. The smallest absolute Gasteiger partial charge is 0.275 e. The van der Waals surface area contributed by atoms with Gasteiger partial charge < -0.3 is 14.6 Å². The maximum Gasteiger partial charge on any atom is 0.275 e. The maximum absolute atomic E-state index is 14.2. The first-order valence-electron chi connectivity index (χ1n) is 10.8. The Morgan fingerprint density at radius 1 is 1.19 bits per heavy atom. The summed E-state index contributed by atoms with van der Waals surface area (Å²) in [6.45, 7) is 5.76. The van der Waals surface area contributed by atoms with E-state index in [1.54, 1.807) is 25.5 Å². The Hall–Kier alpha value is -3.14. The van der Waals surface area contributed by atoms with E-state index in [1.165, 1.54) is 16.7 Å². The summed E-state index contributed by atoms with van der Waals surface area (Å²) >= 11 is 0. The molecule has 2 atom stereocenters. The molecule has 2 aliphatic rings. The fourth-order valence-corrected chi connectivity index (χ4v) is 4.55. The van der Waals surface area contributed by atoms with Crippen molar-refractivity contribution in [1.29, 1.82) is 0 Å². The van der Waals surface area contributed by atoms with Crippen molar-refractivity contribution in [2.75, 3.05) is 42.9 Å². The van der Waals surface area contributed by atoms with E-state index in [-0.39, 0.29) is 11.3 Å². The Bertz CT molecular complexity index is 1130. The zero-order valence-corrected chi connectivity index (χ0v) is 17.8. The number of halogens is 2. The lowest BCUT2D eigenvalue weighted by Gasteiger charge is -2.21. The molecule has 1 N–H and O–H groups in total. The lowest BCUT2D eigenvalue weighted by atomic mass is 10.1. The predicted molar refractivity (Wildman–Crippen MR) is 116 cm³/mol. The molecule has 32 heavy (non-hydrogen) atoms. The molecule has 10 heteroatoms. The number of fused-ring (bicyclic) bond motifs is 1. The number of likely N-dealkylation sites (tertiary alicyclic amines) is 1. The van der Waals surface area contributed by atoms with Crippen LogP contribution in [0, 0.1) is 18.7 Å². The van der Waals surface area contributed by atoms with Crippen molar-refractivity contribution in [3.05, 3.63) is 48.1 Å². The lowest BCUT2D eigenvalue weighted by Crippen LogP contribution is -2.30. The first kappa shape index (κ1) is 20.7. The molecule has 168 valence electrons. The van der Waals surface area contributed by atoms with Crippen molar-refractivity contribution in [3.63, 3.8) is 0 Å². The largest absolute Gasteiger partial charge is 0.355 e. The van der Waals surface area contributed by atoms with E-state index in [2.05, 4.69) is 30.1 Å². The van der Waals surface area contributed by atoms with Gasteiger partial charge in [-0.15, -0.1) is 0 Å². The van der Waals surface area contributed by atoms with Crippen LogP contribution >= 0.6 is 0 Å². The average molecular weight is 441 g/mol. The van der Waals surface area contributed by atoms with Gasteiger partial charge in [0.05, 0.1) is 23.8 Å². The van der Waals surface area contributed by atoms with Crippen molar-refractivity contribution >= 4 is 23.1 Å². The second kappa shape index (κ2) is 8.42. The monoisotopic (exact) mass is 441 g/mol. The van der Waals surface area contributed by atoms with Gasteiger partial charge in [-0.1, -0.05) is 0 Å². The van der Waals surface area contributed by atoms with Crippen molar-refractivity contribution in [1.82, 2.24) is 24.3 Å². The molecule has 0 unspecified atom stereocenters. The minimum absolute atomic E-state index is 0.151. The quantitative estimate of drug-likeness (QED) is 0.656. The number of nitrogens with zero attached hydrogens (tertiary/aromatic N) is 6. The molecule has 0 bridgehead atoms. The van der Waals surface area contributed by atoms with Crippen molar-refractivity contribution in [3.8, 4) is 0 Å². The summed E-state index contributed by atoms with van der Waals surface area (Å²) in [7, 11) is 0. The third-order valence-electron chi connectivity index (χ3n) is 6.10. The van der Waals surface area contributed by atoms with Gasteiger partial charge in [0, 0.05) is 51.2 Å². The number of hydrogen-bond acceptors (Lipinski definition) is 6. The molecule has 1 amide bonds. The van der Waals surface area contributed by atoms with Gasteiger partial charge in [0.15, 0.2) is 11.5 Å². The third-order valence-corrected chi connectivity index (χ3v) is 6.10. The number of pyridine rings is 1. The van der Waals surface area contributed by atoms with Crippen LogP contribution < -0.4 is 10.2 Å². The van der Waals surface area contributed by atoms with Crippen LogP contribution in [0.25, 0.3) is 5.65 Å². The van der Waals surface area contributed by atoms with Gasteiger partial charge in [-0.05, 0) is 25.7 Å². The minimum Gasteiger partial charge on any atom is -0.355 e. The van der Waals surface area contributed by atoms with E-state index >= 15 is 0 Å². The predicted octanol–water partition coefficient (Wildman–Crippen LogP) is 2.69. The molecule has 0 aromatic carbocycles. The number of alkyl halides is 1. The van der Waals surface area contributed by atoms with E-state index in [4.69, 9.17) is 0 Å². The van der Waals surface area contributed by atoms with Gasteiger partial charge in [0.1, 0.15) is 17.7 Å². The first-order valence-corrected chi connectivity index (χ1v) is 10.8.